The van der Waals surface area contributed by atoms with E-state index in [2.05, 4.69) is 5.32 Å². The number of esters is 1. The molecule has 1 N–H and O–H groups in total. The van der Waals surface area contributed by atoms with Crippen LogP contribution in [-0.2, 0) is 16.1 Å². The third kappa shape index (κ3) is 5.64. The van der Waals surface area contributed by atoms with Gasteiger partial charge in [-0.05, 0) is 72.7 Å². The number of hydrogen-bond acceptors (Lipinski definition) is 4. The zero-order chi connectivity index (χ0) is 27.5. The molecule has 1 saturated carbocycles. The van der Waals surface area contributed by atoms with Crippen molar-refractivity contribution in [3.8, 4) is 16.9 Å². The van der Waals surface area contributed by atoms with Crippen LogP contribution >= 0.6 is 11.6 Å². The monoisotopic (exact) mass is 548 g/mol. The minimum absolute atomic E-state index is 0.0408. The largest absolute Gasteiger partial charge is 0.495 e. The molecule has 39 heavy (non-hydrogen) atoms. The molecule has 1 aromatic heterocycles. The molecular formula is C31H30ClFN2O4. The smallest absolute Gasteiger partial charge is 0.308 e. The summed E-state index contributed by atoms with van der Waals surface area (Å²) in [5.74, 6) is -0.305. The lowest BCUT2D eigenvalue weighted by molar-refractivity contribution is -0.146. The lowest BCUT2D eigenvalue weighted by Crippen LogP contribution is -2.39. The van der Waals surface area contributed by atoms with Gasteiger partial charge in [0.25, 0.3) is 5.91 Å². The van der Waals surface area contributed by atoms with Crippen molar-refractivity contribution < 1.29 is 23.5 Å². The van der Waals surface area contributed by atoms with Crippen LogP contribution in [0.5, 0.6) is 5.75 Å². The summed E-state index contributed by atoms with van der Waals surface area (Å²) < 4.78 is 26.7. The molecule has 5 rings (SSSR count). The molecular weight excluding hydrogens is 519 g/mol. The number of ether oxygens (including phenoxy) is 2. The number of aromatic nitrogens is 1. The summed E-state index contributed by atoms with van der Waals surface area (Å²) in [4.78, 5) is 25.2. The predicted octanol–water partition coefficient (Wildman–Crippen LogP) is 6.62. The Kier molecular flexibility index (Phi) is 7.89. The van der Waals surface area contributed by atoms with Gasteiger partial charge in [0.1, 0.15) is 11.6 Å². The van der Waals surface area contributed by atoms with Crippen LogP contribution in [0.1, 0.15) is 41.6 Å². The van der Waals surface area contributed by atoms with Crippen molar-refractivity contribution >= 4 is 34.4 Å². The first kappa shape index (κ1) is 26.8. The molecule has 6 nitrogen and oxygen atoms in total. The van der Waals surface area contributed by atoms with Crippen molar-refractivity contribution in [2.75, 3.05) is 14.2 Å². The number of fused-ring (bicyclic) bond motifs is 1. The molecule has 1 heterocycles. The van der Waals surface area contributed by atoms with Gasteiger partial charge in [0, 0.05) is 24.2 Å². The van der Waals surface area contributed by atoms with Gasteiger partial charge in [-0.25, -0.2) is 4.39 Å². The standard InChI is InChI=1S/C31H30ClFN2O4/c1-38-28-14-9-22(17-26(28)32)20-5-3-19(4-6-20)18-35-16-15-24-27(33)13-12-25(29(24)35)30(36)34-23-10-7-21(8-11-23)31(37)39-2/h3-6,9,12-17,21,23H,7-8,10-11,18H2,1-2H3,(H,34,36). The molecule has 0 bridgehead atoms. The van der Waals surface area contributed by atoms with E-state index in [-0.39, 0.29) is 29.7 Å². The van der Waals surface area contributed by atoms with Gasteiger partial charge in [-0.3, -0.25) is 9.59 Å². The van der Waals surface area contributed by atoms with E-state index in [1.807, 2.05) is 53.2 Å². The molecule has 0 unspecified atom stereocenters. The fourth-order valence-corrected chi connectivity index (χ4v) is 5.61. The van der Waals surface area contributed by atoms with E-state index in [1.54, 1.807) is 19.2 Å². The van der Waals surface area contributed by atoms with Crippen LogP contribution in [0.2, 0.25) is 5.02 Å². The fraction of sp³-hybridized carbons (Fsp3) is 0.290. The minimum atomic E-state index is -0.370. The normalized spacial score (nSPS) is 17.1. The Morgan fingerprint density at radius 2 is 1.69 bits per heavy atom. The molecule has 0 saturated heterocycles. The summed E-state index contributed by atoms with van der Waals surface area (Å²) in [6, 6.07) is 18.2. The number of rotatable bonds is 7. The summed E-state index contributed by atoms with van der Waals surface area (Å²) in [6.07, 6.45) is 4.55. The van der Waals surface area contributed by atoms with E-state index in [1.165, 1.54) is 13.2 Å². The molecule has 4 aromatic rings. The molecule has 1 aliphatic carbocycles. The van der Waals surface area contributed by atoms with Crippen molar-refractivity contribution in [2.45, 2.75) is 38.3 Å². The van der Waals surface area contributed by atoms with Gasteiger partial charge in [-0.1, -0.05) is 41.9 Å². The van der Waals surface area contributed by atoms with Crippen molar-refractivity contribution in [3.63, 3.8) is 0 Å². The highest BCUT2D eigenvalue weighted by atomic mass is 35.5. The third-order valence-electron chi connectivity index (χ3n) is 7.51. The molecule has 0 atom stereocenters. The van der Waals surface area contributed by atoms with Crippen LogP contribution in [0, 0.1) is 11.7 Å². The summed E-state index contributed by atoms with van der Waals surface area (Å²) in [6.45, 7) is 0.473. The van der Waals surface area contributed by atoms with Crippen LogP contribution in [0.25, 0.3) is 22.0 Å². The molecule has 202 valence electrons. The number of carbonyl (C=O) groups excluding carboxylic acids is 2. The zero-order valence-corrected chi connectivity index (χ0v) is 22.6. The predicted molar refractivity (Wildman–Crippen MR) is 150 cm³/mol. The molecule has 1 fully saturated rings. The first-order valence-corrected chi connectivity index (χ1v) is 13.3. The minimum Gasteiger partial charge on any atom is -0.495 e. The molecule has 1 amide bonds. The maximum atomic E-state index is 14.7. The van der Waals surface area contributed by atoms with Crippen LogP contribution < -0.4 is 10.1 Å². The van der Waals surface area contributed by atoms with E-state index in [4.69, 9.17) is 21.1 Å². The molecule has 3 aromatic carbocycles. The van der Waals surface area contributed by atoms with Gasteiger partial charge in [0.05, 0.1) is 36.2 Å². The summed E-state index contributed by atoms with van der Waals surface area (Å²) >= 11 is 6.29. The second-order valence-corrected chi connectivity index (χ2v) is 10.3. The molecule has 0 aliphatic heterocycles. The number of benzene rings is 3. The lowest BCUT2D eigenvalue weighted by Gasteiger charge is -2.27. The highest BCUT2D eigenvalue weighted by Crippen LogP contribution is 2.31. The van der Waals surface area contributed by atoms with Crippen molar-refractivity contribution in [2.24, 2.45) is 5.92 Å². The van der Waals surface area contributed by atoms with Crippen LogP contribution in [-0.4, -0.2) is 36.7 Å². The highest BCUT2D eigenvalue weighted by Gasteiger charge is 2.28. The Morgan fingerprint density at radius 1 is 0.974 bits per heavy atom. The number of amides is 1. The molecule has 0 spiro atoms. The second kappa shape index (κ2) is 11.5. The summed E-state index contributed by atoms with van der Waals surface area (Å²) in [5.41, 5.74) is 3.97. The van der Waals surface area contributed by atoms with E-state index >= 15 is 0 Å². The molecule has 8 heteroatoms. The Labute approximate surface area is 231 Å². The number of methoxy groups -OCH3 is 2. The van der Waals surface area contributed by atoms with E-state index in [0.29, 0.717) is 59.5 Å². The van der Waals surface area contributed by atoms with Crippen LogP contribution in [0.4, 0.5) is 4.39 Å². The fourth-order valence-electron chi connectivity index (χ4n) is 5.35. The van der Waals surface area contributed by atoms with E-state index < -0.39 is 0 Å². The van der Waals surface area contributed by atoms with Crippen molar-refractivity contribution in [3.05, 3.63) is 88.8 Å². The van der Waals surface area contributed by atoms with Gasteiger partial charge in [-0.2, -0.15) is 0 Å². The number of hydrogen-bond donors (Lipinski definition) is 1. The van der Waals surface area contributed by atoms with Crippen LogP contribution in [0.15, 0.2) is 66.9 Å². The first-order chi connectivity index (χ1) is 18.9. The Morgan fingerprint density at radius 3 is 2.36 bits per heavy atom. The van der Waals surface area contributed by atoms with Crippen molar-refractivity contribution in [1.82, 2.24) is 9.88 Å². The maximum Gasteiger partial charge on any atom is 0.308 e. The lowest BCUT2D eigenvalue weighted by atomic mass is 9.86. The van der Waals surface area contributed by atoms with Gasteiger partial charge in [0.2, 0.25) is 0 Å². The van der Waals surface area contributed by atoms with Gasteiger partial charge < -0.3 is 19.4 Å². The number of nitrogens with one attached hydrogen (secondary N) is 1. The Bertz CT molecular complexity index is 1510. The van der Waals surface area contributed by atoms with Gasteiger partial charge in [0.15, 0.2) is 0 Å². The summed E-state index contributed by atoms with van der Waals surface area (Å²) in [7, 11) is 2.98. The second-order valence-electron chi connectivity index (χ2n) is 9.89. The molecule has 0 radical (unpaired) electrons. The SMILES string of the molecule is COC(=O)C1CCC(NC(=O)c2ccc(F)c3ccn(Cc4ccc(-c5ccc(OC)c(Cl)c5)cc4)c23)CC1. The van der Waals surface area contributed by atoms with Crippen molar-refractivity contribution in [1.29, 1.82) is 0 Å². The Balaban J connectivity index is 1.34. The number of carbonyl (C=O) groups is 2. The third-order valence-corrected chi connectivity index (χ3v) is 7.80. The van der Waals surface area contributed by atoms with Gasteiger partial charge in [-0.15, -0.1) is 0 Å². The van der Waals surface area contributed by atoms with Gasteiger partial charge >= 0.3 is 5.97 Å². The van der Waals surface area contributed by atoms with Crippen LogP contribution in [0.3, 0.4) is 0 Å². The average molecular weight is 549 g/mol. The first-order valence-electron chi connectivity index (χ1n) is 13.0. The highest BCUT2D eigenvalue weighted by molar-refractivity contribution is 6.32. The average Bonchev–Trinajstić information content (AvgIpc) is 3.38. The Hall–Kier alpha value is -3.84. The quantitative estimate of drug-likeness (QED) is 0.264. The maximum absolute atomic E-state index is 14.7. The topological polar surface area (TPSA) is 69.6 Å². The molecule has 1 aliphatic rings. The number of nitrogens with zero attached hydrogens (tertiary/aromatic N) is 1. The number of halogens is 2. The van der Waals surface area contributed by atoms with E-state index in [0.717, 1.165) is 16.7 Å². The zero-order valence-electron chi connectivity index (χ0n) is 21.9. The summed E-state index contributed by atoms with van der Waals surface area (Å²) in [5, 5.41) is 4.04. The van der Waals surface area contributed by atoms with E-state index in [9.17, 15) is 14.0 Å².